The first-order valence-electron chi connectivity index (χ1n) is 10.3. The van der Waals surface area contributed by atoms with Crippen molar-refractivity contribution in [2.45, 2.75) is 33.4 Å². The molecule has 156 valence electrons. The van der Waals surface area contributed by atoms with Gasteiger partial charge >= 0.3 is 0 Å². The number of nitrogens with one attached hydrogen (secondary N) is 1. The molecular formula is C24H32N2O3. The van der Waals surface area contributed by atoms with Crippen LogP contribution in [0.4, 0.5) is 0 Å². The number of rotatable bonds is 7. The van der Waals surface area contributed by atoms with E-state index in [9.17, 15) is 4.79 Å². The van der Waals surface area contributed by atoms with Gasteiger partial charge in [-0.25, -0.2) is 0 Å². The van der Waals surface area contributed by atoms with Crippen LogP contribution in [-0.2, 0) is 13.1 Å². The summed E-state index contributed by atoms with van der Waals surface area (Å²) in [5, 5.41) is 2.97. The van der Waals surface area contributed by atoms with E-state index in [-0.39, 0.29) is 5.91 Å². The van der Waals surface area contributed by atoms with Gasteiger partial charge in [-0.1, -0.05) is 44.2 Å². The lowest BCUT2D eigenvalue weighted by molar-refractivity contribution is 0.0947. The summed E-state index contributed by atoms with van der Waals surface area (Å²) < 4.78 is 10.6. The molecule has 1 fully saturated rings. The molecular weight excluding hydrogens is 364 g/mol. The first-order valence-corrected chi connectivity index (χ1v) is 10.3. The number of carbonyl (C=O) groups is 1. The van der Waals surface area contributed by atoms with Crippen molar-refractivity contribution in [3.63, 3.8) is 0 Å². The second-order valence-corrected chi connectivity index (χ2v) is 8.18. The van der Waals surface area contributed by atoms with Crippen LogP contribution in [0.25, 0.3) is 0 Å². The van der Waals surface area contributed by atoms with Gasteiger partial charge < -0.3 is 14.8 Å². The second kappa shape index (κ2) is 9.79. The molecule has 3 rings (SSSR count). The number of hydrogen-bond donors (Lipinski definition) is 1. The number of piperidine rings is 1. The van der Waals surface area contributed by atoms with Gasteiger partial charge in [0.25, 0.3) is 5.91 Å². The van der Waals surface area contributed by atoms with Gasteiger partial charge in [0, 0.05) is 26.2 Å². The first-order chi connectivity index (χ1) is 14.0. The molecule has 29 heavy (non-hydrogen) atoms. The summed E-state index contributed by atoms with van der Waals surface area (Å²) in [5.41, 5.74) is 2.86. The fourth-order valence-electron chi connectivity index (χ4n) is 4.29. The molecule has 1 N–H and O–H groups in total. The lowest BCUT2D eigenvalue weighted by Gasteiger charge is -2.35. The minimum Gasteiger partial charge on any atom is -0.493 e. The van der Waals surface area contributed by atoms with Crippen LogP contribution in [0, 0.1) is 11.8 Å². The highest BCUT2D eigenvalue weighted by atomic mass is 16.5. The third kappa shape index (κ3) is 5.51. The molecule has 1 aliphatic rings. The maximum atomic E-state index is 12.6. The second-order valence-electron chi connectivity index (χ2n) is 8.18. The monoisotopic (exact) mass is 396 g/mol. The van der Waals surface area contributed by atoms with Gasteiger partial charge in [-0.15, -0.1) is 0 Å². The molecule has 1 amide bonds. The predicted molar refractivity (Wildman–Crippen MR) is 115 cm³/mol. The average Bonchev–Trinajstić information content (AvgIpc) is 2.71. The number of amides is 1. The van der Waals surface area contributed by atoms with Crippen molar-refractivity contribution in [3.8, 4) is 11.5 Å². The predicted octanol–water partition coefficient (Wildman–Crippen LogP) is 4.11. The highest BCUT2D eigenvalue weighted by Gasteiger charge is 2.21. The molecule has 1 heterocycles. The van der Waals surface area contributed by atoms with Gasteiger partial charge in [0.05, 0.1) is 19.8 Å². The van der Waals surface area contributed by atoms with Gasteiger partial charge in [-0.2, -0.15) is 0 Å². The van der Waals surface area contributed by atoms with E-state index in [0.717, 1.165) is 23.9 Å². The number of carbonyl (C=O) groups excluding carboxylic acids is 1. The van der Waals surface area contributed by atoms with Crippen LogP contribution >= 0.6 is 0 Å². The summed E-state index contributed by atoms with van der Waals surface area (Å²) in [4.78, 5) is 15.1. The Hall–Kier alpha value is -2.53. The van der Waals surface area contributed by atoms with E-state index in [2.05, 4.69) is 48.3 Å². The fourth-order valence-corrected chi connectivity index (χ4v) is 4.29. The highest BCUT2D eigenvalue weighted by molar-refractivity contribution is 5.97. The van der Waals surface area contributed by atoms with Crippen molar-refractivity contribution < 1.29 is 14.3 Å². The Morgan fingerprint density at radius 3 is 2.28 bits per heavy atom. The van der Waals surface area contributed by atoms with Crippen molar-refractivity contribution in [2.24, 2.45) is 11.8 Å². The first kappa shape index (κ1) is 21.2. The third-order valence-electron chi connectivity index (χ3n) is 5.47. The van der Waals surface area contributed by atoms with Crippen molar-refractivity contribution in [1.82, 2.24) is 10.2 Å². The van der Waals surface area contributed by atoms with E-state index in [4.69, 9.17) is 9.47 Å². The highest BCUT2D eigenvalue weighted by Crippen LogP contribution is 2.30. The Morgan fingerprint density at radius 1 is 1.00 bits per heavy atom. The van der Waals surface area contributed by atoms with Gasteiger partial charge in [0.2, 0.25) is 0 Å². The Labute approximate surface area is 174 Å². The summed E-state index contributed by atoms with van der Waals surface area (Å²) in [7, 11) is 3.10. The Balaban J connectivity index is 1.57. The van der Waals surface area contributed by atoms with Crippen LogP contribution in [0.1, 0.15) is 41.8 Å². The number of ether oxygens (including phenoxy) is 2. The Bertz CT molecular complexity index is 809. The molecule has 0 radical (unpaired) electrons. The maximum absolute atomic E-state index is 12.6. The molecule has 1 saturated heterocycles. The Kier molecular flexibility index (Phi) is 7.15. The van der Waals surface area contributed by atoms with E-state index in [1.54, 1.807) is 25.3 Å². The minimum atomic E-state index is -0.180. The van der Waals surface area contributed by atoms with Crippen LogP contribution in [-0.4, -0.2) is 38.1 Å². The van der Waals surface area contributed by atoms with Crippen LogP contribution in [0.2, 0.25) is 0 Å². The van der Waals surface area contributed by atoms with Gasteiger partial charge in [0.1, 0.15) is 0 Å². The summed E-state index contributed by atoms with van der Waals surface area (Å²) in [6, 6.07) is 13.8. The molecule has 2 aromatic carbocycles. The van der Waals surface area contributed by atoms with Crippen molar-refractivity contribution in [1.29, 1.82) is 0 Å². The zero-order valence-electron chi connectivity index (χ0n) is 17.9. The third-order valence-corrected chi connectivity index (χ3v) is 5.47. The molecule has 2 aromatic rings. The zero-order valence-corrected chi connectivity index (χ0v) is 17.9. The molecule has 0 saturated carbocycles. The van der Waals surface area contributed by atoms with Gasteiger partial charge in [-0.05, 0) is 41.5 Å². The minimum absolute atomic E-state index is 0.180. The normalized spacial score (nSPS) is 19.6. The lowest BCUT2D eigenvalue weighted by Crippen LogP contribution is -2.38. The number of nitrogens with zero attached hydrogens (tertiary/aromatic N) is 1. The van der Waals surface area contributed by atoms with E-state index in [1.807, 2.05) is 0 Å². The molecule has 5 nitrogen and oxygen atoms in total. The molecule has 1 aliphatic heterocycles. The van der Waals surface area contributed by atoms with E-state index in [0.29, 0.717) is 23.6 Å². The number of hydrogen-bond acceptors (Lipinski definition) is 4. The standard InChI is InChI=1S/C24H32N2O3/c1-17-12-18(2)15-26(14-17)16-20-10-8-19(9-11-20)13-25-24(27)21-6-5-7-22(28-3)23(21)29-4/h5-11,17-18H,12-16H2,1-4H3,(H,25,27)/t17-,18+. The topological polar surface area (TPSA) is 50.8 Å². The SMILES string of the molecule is COc1cccc(C(=O)NCc2ccc(CN3C[C@H](C)C[C@H](C)C3)cc2)c1OC. The number of methoxy groups -OCH3 is 2. The number of likely N-dealkylation sites (tertiary alicyclic amines) is 1. The van der Waals surface area contributed by atoms with E-state index < -0.39 is 0 Å². The van der Waals surface area contributed by atoms with Gasteiger partial charge in [0.15, 0.2) is 11.5 Å². The van der Waals surface area contributed by atoms with Crippen LogP contribution < -0.4 is 14.8 Å². The van der Waals surface area contributed by atoms with Crippen molar-refractivity contribution in [3.05, 3.63) is 59.2 Å². The molecule has 0 spiro atoms. The summed E-state index contributed by atoms with van der Waals surface area (Å²) in [6.45, 7) is 8.48. The van der Waals surface area contributed by atoms with Crippen LogP contribution in [0.5, 0.6) is 11.5 Å². The summed E-state index contributed by atoms with van der Waals surface area (Å²) in [6.07, 6.45) is 1.33. The van der Waals surface area contributed by atoms with Crippen molar-refractivity contribution in [2.75, 3.05) is 27.3 Å². The van der Waals surface area contributed by atoms with Gasteiger partial charge in [-0.3, -0.25) is 9.69 Å². The molecule has 5 heteroatoms. The molecule has 0 bridgehead atoms. The molecule has 0 aliphatic carbocycles. The lowest BCUT2D eigenvalue weighted by atomic mass is 9.91. The van der Waals surface area contributed by atoms with Crippen molar-refractivity contribution >= 4 is 5.91 Å². The summed E-state index contributed by atoms with van der Waals surface area (Å²) >= 11 is 0. The van der Waals surface area contributed by atoms with E-state index in [1.165, 1.54) is 32.2 Å². The molecule has 2 atom stereocenters. The quantitative estimate of drug-likeness (QED) is 0.765. The largest absolute Gasteiger partial charge is 0.493 e. The Morgan fingerprint density at radius 2 is 1.66 bits per heavy atom. The summed E-state index contributed by atoms with van der Waals surface area (Å²) in [5.74, 6) is 2.35. The smallest absolute Gasteiger partial charge is 0.255 e. The molecule has 0 unspecified atom stereocenters. The number of para-hydroxylation sites is 1. The maximum Gasteiger partial charge on any atom is 0.255 e. The molecule has 0 aromatic heterocycles. The average molecular weight is 397 g/mol. The van der Waals surface area contributed by atoms with E-state index >= 15 is 0 Å². The zero-order chi connectivity index (χ0) is 20.8. The number of benzene rings is 2. The van der Waals surface area contributed by atoms with Crippen LogP contribution in [0.3, 0.4) is 0 Å². The van der Waals surface area contributed by atoms with Crippen LogP contribution in [0.15, 0.2) is 42.5 Å². The fraction of sp³-hybridized carbons (Fsp3) is 0.458.